The lowest BCUT2D eigenvalue weighted by Crippen LogP contribution is -2.43. The Morgan fingerprint density at radius 3 is 2.24 bits per heavy atom. The molecule has 1 fully saturated rings. The van der Waals surface area contributed by atoms with Crippen molar-refractivity contribution >= 4 is 24.8 Å². The smallest absolute Gasteiger partial charge is 0.0237 e. The number of nitrogens with zero attached hydrogens (tertiary/aromatic N) is 1. The fourth-order valence-electron chi connectivity index (χ4n) is 2.17. The Morgan fingerprint density at radius 2 is 1.65 bits per heavy atom. The van der Waals surface area contributed by atoms with E-state index >= 15 is 0 Å². The summed E-state index contributed by atoms with van der Waals surface area (Å²) in [6.07, 6.45) is 1.14. The molecule has 0 bridgehead atoms. The molecule has 1 aromatic rings. The van der Waals surface area contributed by atoms with Crippen molar-refractivity contribution in [1.29, 1.82) is 0 Å². The number of piperazine rings is 1. The van der Waals surface area contributed by atoms with E-state index in [9.17, 15) is 0 Å². The van der Waals surface area contributed by atoms with Gasteiger partial charge in [0, 0.05) is 32.7 Å². The third-order valence-corrected chi connectivity index (χ3v) is 3.10. The fraction of sp³-hybridized carbons (Fsp3) is 0.538. The second kappa shape index (κ2) is 8.76. The summed E-state index contributed by atoms with van der Waals surface area (Å²) in [5.74, 6) is 0. The van der Waals surface area contributed by atoms with Crippen molar-refractivity contribution in [2.75, 3.05) is 26.2 Å². The van der Waals surface area contributed by atoms with E-state index in [1.807, 2.05) is 0 Å². The first-order valence-electron chi connectivity index (χ1n) is 5.90. The van der Waals surface area contributed by atoms with Gasteiger partial charge in [0.1, 0.15) is 0 Å². The van der Waals surface area contributed by atoms with E-state index < -0.39 is 0 Å². The molecule has 0 atom stereocenters. The van der Waals surface area contributed by atoms with Crippen LogP contribution in [0.25, 0.3) is 0 Å². The minimum atomic E-state index is 0. The summed E-state index contributed by atoms with van der Waals surface area (Å²) in [6, 6.07) is 8.80. The molecule has 0 aromatic heterocycles. The number of hydrogen-bond acceptors (Lipinski definition) is 2. The molecule has 1 aromatic carbocycles. The Balaban J connectivity index is 0.00000128. The van der Waals surface area contributed by atoms with Crippen LogP contribution < -0.4 is 5.32 Å². The van der Waals surface area contributed by atoms with Gasteiger partial charge in [-0.1, -0.05) is 31.2 Å². The van der Waals surface area contributed by atoms with Crippen LogP contribution in [0.15, 0.2) is 24.3 Å². The second-order valence-corrected chi connectivity index (χ2v) is 4.15. The number of halogens is 2. The summed E-state index contributed by atoms with van der Waals surface area (Å²) in [5, 5.41) is 3.39. The molecular weight excluding hydrogens is 255 g/mol. The van der Waals surface area contributed by atoms with Crippen LogP contribution in [0, 0.1) is 0 Å². The lowest BCUT2D eigenvalue weighted by Gasteiger charge is -2.27. The second-order valence-electron chi connectivity index (χ2n) is 4.15. The SMILES string of the molecule is CCc1ccccc1CN1CCNCC1.Cl.Cl. The molecule has 0 saturated carbocycles. The lowest BCUT2D eigenvalue weighted by atomic mass is 10.0. The highest BCUT2D eigenvalue weighted by molar-refractivity contribution is 5.85. The fourth-order valence-corrected chi connectivity index (χ4v) is 2.17. The van der Waals surface area contributed by atoms with Crippen LogP contribution in [0.2, 0.25) is 0 Å². The Bertz CT molecular complexity index is 312. The van der Waals surface area contributed by atoms with Crippen LogP contribution in [0.4, 0.5) is 0 Å². The molecule has 1 aliphatic rings. The van der Waals surface area contributed by atoms with Crippen molar-refractivity contribution < 1.29 is 0 Å². The van der Waals surface area contributed by atoms with Gasteiger partial charge in [0.15, 0.2) is 0 Å². The van der Waals surface area contributed by atoms with E-state index in [2.05, 4.69) is 41.4 Å². The summed E-state index contributed by atoms with van der Waals surface area (Å²) < 4.78 is 0. The Labute approximate surface area is 117 Å². The van der Waals surface area contributed by atoms with Crippen LogP contribution in [0.1, 0.15) is 18.1 Å². The van der Waals surface area contributed by atoms with Gasteiger partial charge in [-0.25, -0.2) is 0 Å². The van der Waals surface area contributed by atoms with Crippen LogP contribution in [-0.2, 0) is 13.0 Å². The van der Waals surface area contributed by atoms with E-state index in [0.717, 1.165) is 26.1 Å². The zero-order chi connectivity index (χ0) is 10.5. The van der Waals surface area contributed by atoms with Gasteiger partial charge in [0.2, 0.25) is 0 Å². The third-order valence-electron chi connectivity index (χ3n) is 3.10. The van der Waals surface area contributed by atoms with E-state index in [-0.39, 0.29) is 24.8 Å². The molecule has 0 aliphatic carbocycles. The van der Waals surface area contributed by atoms with Gasteiger partial charge >= 0.3 is 0 Å². The Kier molecular flexibility index (Phi) is 8.61. The topological polar surface area (TPSA) is 15.3 Å². The highest BCUT2D eigenvalue weighted by Gasteiger charge is 2.10. The Hall–Kier alpha value is -0.280. The molecule has 0 amide bonds. The average molecular weight is 277 g/mol. The third kappa shape index (κ3) is 4.84. The zero-order valence-electron chi connectivity index (χ0n) is 10.3. The normalized spacial score (nSPS) is 15.8. The van der Waals surface area contributed by atoms with E-state index in [1.165, 1.54) is 24.2 Å². The van der Waals surface area contributed by atoms with E-state index in [0.29, 0.717) is 0 Å². The summed E-state index contributed by atoms with van der Waals surface area (Å²) >= 11 is 0. The van der Waals surface area contributed by atoms with Crippen LogP contribution in [0.3, 0.4) is 0 Å². The minimum Gasteiger partial charge on any atom is -0.314 e. The van der Waals surface area contributed by atoms with Gasteiger partial charge in [-0.2, -0.15) is 0 Å². The largest absolute Gasteiger partial charge is 0.314 e. The summed E-state index contributed by atoms with van der Waals surface area (Å²) in [7, 11) is 0. The molecule has 1 saturated heterocycles. The molecule has 0 radical (unpaired) electrons. The molecule has 17 heavy (non-hydrogen) atoms. The first-order valence-corrected chi connectivity index (χ1v) is 5.90. The van der Waals surface area contributed by atoms with E-state index in [4.69, 9.17) is 0 Å². The van der Waals surface area contributed by atoms with Gasteiger partial charge in [-0.3, -0.25) is 4.90 Å². The number of benzene rings is 1. The average Bonchev–Trinajstić information content (AvgIpc) is 2.31. The van der Waals surface area contributed by atoms with Gasteiger partial charge in [-0.15, -0.1) is 24.8 Å². The maximum atomic E-state index is 3.39. The molecule has 1 N–H and O–H groups in total. The predicted molar refractivity (Wildman–Crippen MR) is 78.5 cm³/mol. The molecule has 4 heteroatoms. The number of aryl methyl sites for hydroxylation is 1. The molecule has 0 unspecified atom stereocenters. The first-order chi connectivity index (χ1) is 7.40. The summed E-state index contributed by atoms with van der Waals surface area (Å²) in [5.41, 5.74) is 3.00. The molecular formula is C13H22Cl2N2. The maximum Gasteiger partial charge on any atom is 0.0237 e. The first kappa shape index (κ1) is 16.7. The van der Waals surface area contributed by atoms with Crippen molar-refractivity contribution in [2.24, 2.45) is 0 Å². The van der Waals surface area contributed by atoms with Gasteiger partial charge < -0.3 is 5.32 Å². The highest BCUT2D eigenvalue weighted by atomic mass is 35.5. The zero-order valence-corrected chi connectivity index (χ0v) is 11.9. The minimum absolute atomic E-state index is 0. The predicted octanol–water partition coefficient (Wildman–Crippen LogP) is 2.50. The molecule has 1 heterocycles. The quantitative estimate of drug-likeness (QED) is 0.913. The van der Waals surface area contributed by atoms with Crippen molar-refractivity contribution in [2.45, 2.75) is 19.9 Å². The molecule has 2 rings (SSSR count). The van der Waals surface area contributed by atoms with E-state index in [1.54, 1.807) is 0 Å². The van der Waals surface area contributed by atoms with Gasteiger partial charge in [0.25, 0.3) is 0 Å². The standard InChI is InChI=1S/C13H20N2.2ClH/c1-2-12-5-3-4-6-13(12)11-15-9-7-14-8-10-15;;/h3-6,14H,2,7-11H2,1H3;2*1H. The molecule has 98 valence electrons. The number of nitrogens with one attached hydrogen (secondary N) is 1. The Morgan fingerprint density at radius 1 is 1.06 bits per heavy atom. The number of rotatable bonds is 3. The van der Waals surface area contributed by atoms with Crippen LogP contribution >= 0.6 is 24.8 Å². The van der Waals surface area contributed by atoms with Crippen molar-refractivity contribution in [3.8, 4) is 0 Å². The summed E-state index contributed by atoms with van der Waals surface area (Å²) in [4.78, 5) is 2.53. The summed E-state index contributed by atoms with van der Waals surface area (Å²) in [6.45, 7) is 7.97. The molecule has 1 aliphatic heterocycles. The van der Waals surface area contributed by atoms with Crippen molar-refractivity contribution in [1.82, 2.24) is 10.2 Å². The molecule has 0 spiro atoms. The van der Waals surface area contributed by atoms with Gasteiger partial charge in [-0.05, 0) is 17.5 Å². The van der Waals surface area contributed by atoms with Crippen molar-refractivity contribution in [3.05, 3.63) is 35.4 Å². The highest BCUT2D eigenvalue weighted by Crippen LogP contribution is 2.12. The monoisotopic (exact) mass is 276 g/mol. The van der Waals surface area contributed by atoms with Crippen LogP contribution in [-0.4, -0.2) is 31.1 Å². The van der Waals surface area contributed by atoms with Crippen LogP contribution in [0.5, 0.6) is 0 Å². The lowest BCUT2D eigenvalue weighted by molar-refractivity contribution is 0.232. The van der Waals surface area contributed by atoms with Gasteiger partial charge in [0.05, 0.1) is 0 Å². The maximum absolute atomic E-state index is 3.39. The number of hydrogen-bond donors (Lipinski definition) is 1. The van der Waals surface area contributed by atoms with Crippen molar-refractivity contribution in [3.63, 3.8) is 0 Å². The molecule has 2 nitrogen and oxygen atoms in total.